The first-order valence-corrected chi connectivity index (χ1v) is 4.15. The van der Waals surface area contributed by atoms with Gasteiger partial charge in [-0.2, -0.15) is 12.6 Å². The maximum Gasteiger partial charge on any atom is 0.410 e. The molecule has 1 aliphatic heterocycles. The molecule has 4 heteroatoms. The highest BCUT2D eigenvalue weighted by atomic mass is 32.1. The summed E-state index contributed by atoms with van der Waals surface area (Å²) in [5, 5.41) is 0. The van der Waals surface area contributed by atoms with Crippen LogP contribution >= 0.6 is 12.6 Å². The molecule has 1 heterocycles. The Morgan fingerprint density at radius 3 is 3.00 bits per heavy atom. The molecule has 62 valence electrons. The van der Waals surface area contributed by atoms with Gasteiger partial charge in [0.05, 0.1) is 6.54 Å². The molecule has 0 aliphatic carbocycles. The van der Waals surface area contributed by atoms with Crippen molar-refractivity contribution in [2.75, 3.05) is 25.4 Å². The van der Waals surface area contributed by atoms with Gasteiger partial charge in [0.2, 0.25) is 0 Å². The summed E-state index contributed by atoms with van der Waals surface area (Å²) in [5.41, 5.74) is 0. The topological polar surface area (TPSA) is 29.5 Å². The highest BCUT2D eigenvalue weighted by Gasteiger charge is 2.19. The van der Waals surface area contributed by atoms with Crippen molar-refractivity contribution in [3.05, 3.63) is 12.2 Å². The van der Waals surface area contributed by atoms with E-state index in [9.17, 15) is 4.79 Å². The van der Waals surface area contributed by atoms with E-state index in [0.29, 0.717) is 25.4 Å². The minimum atomic E-state index is -0.214. The van der Waals surface area contributed by atoms with Crippen LogP contribution in [0.3, 0.4) is 0 Å². The lowest BCUT2D eigenvalue weighted by Crippen LogP contribution is -2.23. The van der Waals surface area contributed by atoms with Crippen molar-refractivity contribution in [1.82, 2.24) is 4.90 Å². The van der Waals surface area contributed by atoms with E-state index >= 15 is 0 Å². The lowest BCUT2D eigenvalue weighted by molar-refractivity contribution is 0.161. The zero-order valence-corrected chi connectivity index (χ0v) is 7.09. The van der Waals surface area contributed by atoms with Gasteiger partial charge >= 0.3 is 6.09 Å². The van der Waals surface area contributed by atoms with E-state index in [4.69, 9.17) is 4.74 Å². The smallest absolute Gasteiger partial charge is 0.410 e. The Kier molecular flexibility index (Phi) is 3.29. The Hall–Kier alpha value is -0.640. The number of amides is 1. The summed E-state index contributed by atoms with van der Waals surface area (Å²) in [6, 6.07) is 0. The summed E-state index contributed by atoms with van der Waals surface area (Å²) in [5.74, 6) is 0.711. The minimum Gasteiger partial charge on any atom is -0.448 e. The molecule has 3 nitrogen and oxygen atoms in total. The number of hydrogen-bond acceptors (Lipinski definition) is 3. The number of ether oxygens (including phenoxy) is 1. The lowest BCUT2D eigenvalue weighted by atomic mass is 10.5. The molecule has 0 spiro atoms. The van der Waals surface area contributed by atoms with Crippen molar-refractivity contribution >= 4 is 18.7 Å². The average molecular weight is 173 g/mol. The summed E-state index contributed by atoms with van der Waals surface area (Å²) < 4.78 is 4.73. The molecule has 1 rings (SSSR count). The zero-order valence-electron chi connectivity index (χ0n) is 6.19. The summed E-state index contributed by atoms with van der Waals surface area (Å²) in [7, 11) is 0. The van der Waals surface area contributed by atoms with Gasteiger partial charge in [-0.15, -0.1) is 0 Å². The van der Waals surface area contributed by atoms with E-state index in [1.165, 1.54) is 0 Å². The highest BCUT2D eigenvalue weighted by molar-refractivity contribution is 7.80. The van der Waals surface area contributed by atoms with E-state index in [-0.39, 0.29) is 6.09 Å². The molecular weight excluding hydrogens is 162 g/mol. The number of nitrogens with zero attached hydrogens (tertiary/aromatic N) is 1. The third-order valence-corrected chi connectivity index (χ3v) is 1.65. The van der Waals surface area contributed by atoms with Crippen LogP contribution in [0.4, 0.5) is 4.79 Å². The van der Waals surface area contributed by atoms with Crippen molar-refractivity contribution in [3.63, 3.8) is 0 Å². The van der Waals surface area contributed by atoms with Crippen LogP contribution in [0.5, 0.6) is 0 Å². The molecule has 0 saturated carbocycles. The predicted octanol–water partition coefficient (Wildman–Crippen LogP) is 0.925. The van der Waals surface area contributed by atoms with Gasteiger partial charge in [0.15, 0.2) is 0 Å². The van der Waals surface area contributed by atoms with Crippen molar-refractivity contribution in [3.8, 4) is 0 Å². The Morgan fingerprint density at radius 2 is 2.45 bits per heavy atom. The first kappa shape index (κ1) is 8.46. The van der Waals surface area contributed by atoms with E-state index in [2.05, 4.69) is 12.6 Å². The van der Waals surface area contributed by atoms with Gasteiger partial charge in [-0.25, -0.2) is 4.79 Å². The molecule has 0 atom stereocenters. The SMILES string of the molecule is O=C1OCCN1CC=CCS. The summed E-state index contributed by atoms with van der Waals surface area (Å²) in [6.07, 6.45) is 3.61. The van der Waals surface area contributed by atoms with Crippen molar-refractivity contribution in [1.29, 1.82) is 0 Å². The molecule has 1 saturated heterocycles. The molecule has 1 aliphatic rings. The van der Waals surface area contributed by atoms with Gasteiger partial charge in [-0.3, -0.25) is 0 Å². The third-order valence-electron chi connectivity index (χ3n) is 1.44. The lowest BCUT2D eigenvalue weighted by Gasteiger charge is -2.07. The van der Waals surface area contributed by atoms with E-state index in [1.54, 1.807) is 4.90 Å². The monoisotopic (exact) mass is 173 g/mol. The van der Waals surface area contributed by atoms with Gasteiger partial charge < -0.3 is 9.64 Å². The maximum absolute atomic E-state index is 10.8. The largest absolute Gasteiger partial charge is 0.448 e. The first-order valence-electron chi connectivity index (χ1n) is 3.52. The van der Waals surface area contributed by atoms with Crippen molar-refractivity contribution in [2.45, 2.75) is 0 Å². The van der Waals surface area contributed by atoms with Gasteiger partial charge in [-0.05, 0) is 0 Å². The standard InChI is InChI=1S/C7H11NO2S/c9-7-8(4-5-10-7)3-1-2-6-11/h1-2,11H,3-6H2. The molecule has 0 bridgehead atoms. The Balaban J connectivity index is 2.25. The molecule has 0 aromatic heterocycles. The molecule has 0 aromatic carbocycles. The van der Waals surface area contributed by atoms with Crippen LogP contribution in [0, 0.1) is 0 Å². The molecule has 0 aromatic rings. The summed E-state index contributed by atoms with van der Waals surface area (Å²) >= 11 is 4.00. The van der Waals surface area contributed by atoms with E-state index in [1.807, 2.05) is 12.2 Å². The average Bonchev–Trinajstić information content (AvgIpc) is 2.37. The number of cyclic esters (lactones) is 1. The maximum atomic E-state index is 10.8. The molecule has 1 amide bonds. The predicted molar refractivity (Wildman–Crippen MR) is 45.9 cm³/mol. The van der Waals surface area contributed by atoms with Gasteiger partial charge in [0.25, 0.3) is 0 Å². The van der Waals surface area contributed by atoms with E-state index in [0.717, 1.165) is 0 Å². The fourth-order valence-corrected chi connectivity index (χ4v) is 1.02. The Labute approximate surface area is 71.4 Å². The molecule has 0 unspecified atom stereocenters. The summed E-state index contributed by atoms with van der Waals surface area (Å²) in [6.45, 7) is 1.86. The van der Waals surface area contributed by atoms with Crippen LogP contribution in [0.2, 0.25) is 0 Å². The van der Waals surface area contributed by atoms with Crippen LogP contribution in [0.15, 0.2) is 12.2 Å². The van der Waals surface area contributed by atoms with E-state index < -0.39 is 0 Å². The Bertz CT molecular complexity index is 170. The number of carbonyl (C=O) groups excluding carboxylic acids is 1. The van der Waals surface area contributed by atoms with Crippen LogP contribution in [-0.4, -0.2) is 36.4 Å². The van der Waals surface area contributed by atoms with Gasteiger partial charge in [0, 0.05) is 12.3 Å². The fraction of sp³-hybridized carbons (Fsp3) is 0.571. The number of rotatable bonds is 3. The third kappa shape index (κ3) is 2.46. The quantitative estimate of drug-likeness (QED) is 0.508. The first-order chi connectivity index (χ1) is 5.34. The number of carbonyl (C=O) groups is 1. The van der Waals surface area contributed by atoms with Crippen LogP contribution < -0.4 is 0 Å². The zero-order chi connectivity index (χ0) is 8.10. The molecular formula is C7H11NO2S. The Morgan fingerprint density at radius 1 is 1.64 bits per heavy atom. The van der Waals surface area contributed by atoms with Crippen LogP contribution in [0.1, 0.15) is 0 Å². The minimum absolute atomic E-state index is 0.214. The van der Waals surface area contributed by atoms with Gasteiger partial charge in [-0.1, -0.05) is 12.2 Å². The van der Waals surface area contributed by atoms with Crippen LogP contribution in [-0.2, 0) is 4.74 Å². The normalized spacial score (nSPS) is 17.9. The molecule has 1 fully saturated rings. The van der Waals surface area contributed by atoms with Crippen LogP contribution in [0.25, 0.3) is 0 Å². The van der Waals surface area contributed by atoms with Gasteiger partial charge in [0.1, 0.15) is 6.61 Å². The molecule has 11 heavy (non-hydrogen) atoms. The molecule has 0 radical (unpaired) electrons. The summed E-state index contributed by atoms with van der Waals surface area (Å²) in [4.78, 5) is 12.5. The fourth-order valence-electron chi connectivity index (χ4n) is 0.868. The molecule has 0 N–H and O–H groups in total. The van der Waals surface area contributed by atoms with Crippen molar-refractivity contribution < 1.29 is 9.53 Å². The highest BCUT2D eigenvalue weighted by Crippen LogP contribution is 2.01. The second kappa shape index (κ2) is 4.28. The second-order valence-corrected chi connectivity index (χ2v) is 2.58. The number of thiol groups is 1. The number of hydrogen-bond donors (Lipinski definition) is 1. The van der Waals surface area contributed by atoms with Crippen molar-refractivity contribution in [2.24, 2.45) is 0 Å². The second-order valence-electron chi connectivity index (χ2n) is 2.21.